The van der Waals surface area contributed by atoms with Gasteiger partial charge in [-0.1, -0.05) is 36.9 Å². The average Bonchev–Trinajstić information content (AvgIpc) is 2.57. The minimum Gasteiger partial charge on any atom is -0.489 e. The minimum absolute atomic E-state index is 0.291. The first-order valence-electron chi connectivity index (χ1n) is 7.92. The van der Waals surface area contributed by atoms with Crippen molar-refractivity contribution in [1.82, 2.24) is 0 Å². The standard InChI is InChI=1S/C21H20O3/c1-14(2)13-23-17-9-10-18-15(3)19(21(22)24-20(18)12-17)11-16-7-5-4-6-8-16/h4-10,12H,1,11,13H2,2-3H3. The van der Waals surface area contributed by atoms with E-state index in [-0.39, 0.29) is 5.63 Å². The predicted octanol–water partition coefficient (Wildman–Crippen LogP) is 4.65. The van der Waals surface area contributed by atoms with E-state index >= 15 is 0 Å². The zero-order chi connectivity index (χ0) is 17.1. The van der Waals surface area contributed by atoms with E-state index in [1.165, 1.54) is 0 Å². The summed E-state index contributed by atoms with van der Waals surface area (Å²) in [5.41, 5.74) is 3.94. The Bertz CT molecular complexity index is 936. The molecular weight excluding hydrogens is 300 g/mol. The van der Waals surface area contributed by atoms with E-state index in [1.54, 1.807) is 6.07 Å². The van der Waals surface area contributed by atoms with E-state index in [0.717, 1.165) is 22.1 Å². The molecule has 0 aliphatic rings. The van der Waals surface area contributed by atoms with E-state index in [1.807, 2.05) is 56.3 Å². The fourth-order valence-electron chi connectivity index (χ4n) is 2.68. The number of benzene rings is 2. The van der Waals surface area contributed by atoms with Crippen molar-refractivity contribution in [2.75, 3.05) is 6.61 Å². The predicted molar refractivity (Wildman–Crippen MR) is 96.8 cm³/mol. The number of hydrogen-bond acceptors (Lipinski definition) is 3. The van der Waals surface area contributed by atoms with Crippen LogP contribution in [0.4, 0.5) is 0 Å². The van der Waals surface area contributed by atoms with E-state index < -0.39 is 0 Å². The maximum Gasteiger partial charge on any atom is 0.340 e. The lowest BCUT2D eigenvalue weighted by atomic mass is 10.00. The second-order valence-electron chi connectivity index (χ2n) is 6.06. The molecule has 0 aliphatic heterocycles. The van der Waals surface area contributed by atoms with Crippen molar-refractivity contribution in [3.8, 4) is 5.75 Å². The molecule has 2 aromatic carbocycles. The molecule has 0 bridgehead atoms. The van der Waals surface area contributed by atoms with E-state index in [2.05, 4.69) is 6.58 Å². The van der Waals surface area contributed by atoms with Gasteiger partial charge in [0.1, 0.15) is 17.9 Å². The van der Waals surface area contributed by atoms with Gasteiger partial charge in [0.2, 0.25) is 0 Å². The van der Waals surface area contributed by atoms with Crippen LogP contribution in [0.5, 0.6) is 5.75 Å². The van der Waals surface area contributed by atoms with Crippen molar-refractivity contribution in [2.24, 2.45) is 0 Å². The lowest BCUT2D eigenvalue weighted by Crippen LogP contribution is -2.11. The van der Waals surface area contributed by atoms with Gasteiger partial charge >= 0.3 is 5.63 Å². The third-order valence-electron chi connectivity index (χ3n) is 3.97. The Balaban J connectivity index is 2.00. The number of hydrogen-bond donors (Lipinski definition) is 0. The van der Waals surface area contributed by atoms with Gasteiger partial charge in [0.25, 0.3) is 0 Å². The first-order chi connectivity index (χ1) is 11.5. The highest BCUT2D eigenvalue weighted by atomic mass is 16.5. The lowest BCUT2D eigenvalue weighted by Gasteiger charge is -2.10. The summed E-state index contributed by atoms with van der Waals surface area (Å²) in [6.45, 7) is 8.13. The van der Waals surface area contributed by atoms with Gasteiger partial charge in [-0.2, -0.15) is 0 Å². The second kappa shape index (κ2) is 6.75. The zero-order valence-electron chi connectivity index (χ0n) is 14.0. The maximum absolute atomic E-state index is 12.4. The molecule has 0 saturated carbocycles. The van der Waals surface area contributed by atoms with Gasteiger partial charge in [0.15, 0.2) is 0 Å². The summed E-state index contributed by atoms with van der Waals surface area (Å²) >= 11 is 0. The van der Waals surface area contributed by atoms with Crippen molar-refractivity contribution in [3.63, 3.8) is 0 Å². The molecule has 0 spiro atoms. The molecule has 3 heteroatoms. The Morgan fingerprint density at radius 2 is 1.92 bits per heavy atom. The molecule has 1 aromatic heterocycles. The van der Waals surface area contributed by atoms with E-state index in [9.17, 15) is 4.79 Å². The summed E-state index contributed by atoms with van der Waals surface area (Å²) in [6.07, 6.45) is 0.568. The Morgan fingerprint density at radius 3 is 2.62 bits per heavy atom. The summed E-state index contributed by atoms with van der Waals surface area (Å²) in [5.74, 6) is 0.670. The van der Waals surface area contributed by atoms with Crippen LogP contribution in [0.15, 0.2) is 69.9 Å². The summed E-state index contributed by atoms with van der Waals surface area (Å²) in [6, 6.07) is 15.5. The summed E-state index contributed by atoms with van der Waals surface area (Å²) in [5, 5.41) is 0.934. The highest BCUT2D eigenvalue weighted by Crippen LogP contribution is 2.25. The highest BCUT2D eigenvalue weighted by Gasteiger charge is 2.12. The van der Waals surface area contributed by atoms with Gasteiger partial charge in [0, 0.05) is 23.4 Å². The molecule has 0 N–H and O–H groups in total. The van der Waals surface area contributed by atoms with Crippen molar-refractivity contribution < 1.29 is 9.15 Å². The van der Waals surface area contributed by atoms with Crippen LogP contribution in [0.2, 0.25) is 0 Å². The summed E-state index contributed by atoms with van der Waals surface area (Å²) in [7, 11) is 0. The van der Waals surface area contributed by atoms with Gasteiger partial charge in [-0.25, -0.2) is 4.79 Å². The van der Waals surface area contributed by atoms with Crippen LogP contribution >= 0.6 is 0 Å². The van der Waals surface area contributed by atoms with Crippen LogP contribution in [-0.4, -0.2) is 6.61 Å². The zero-order valence-corrected chi connectivity index (χ0v) is 14.0. The van der Waals surface area contributed by atoms with Crippen molar-refractivity contribution in [3.05, 3.63) is 87.8 Å². The molecule has 0 aliphatic carbocycles. The molecule has 122 valence electrons. The maximum atomic E-state index is 12.4. The van der Waals surface area contributed by atoms with Gasteiger partial charge in [0.05, 0.1) is 0 Å². The normalized spacial score (nSPS) is 10.8. The summed E-state index contributed by atoms with van der Waals surface area (Å²) < 4.78 is 11.2. The van der Waals surface area contributed by atoms with Gasteiger partial charge in [-0.3, -0.25) is 0 Å². The van der Waals surface area contributed by atoms with Gasteiger partial charge < -0.3 is 9.15 Å². The van der Waals surface area contributed by atoms with Gasteiger partial charge in [-0.15, -0.1) is 0 Å². The third kappa shape index (κ3) is 3.40. The molecular formula is C21H20O3. The van der Waals surface area contributed by atoms with Crippen LogP contribution < -0.4 is 10.4 Å². The smallest absolute Gasteiger partial charge is 0.340 e. The highest BCUT2D eigenvalue weighted by molar-refractivity contribution is 5.82. The molecule has 24 heavy (non-hydrogen) atoms. The fraction of sp³-hybridized carbons (Fsp3) is 0.190. The SMILES string of the molecule is C=C(C)COc1ccc2c(C)c(Cc3ccccc3)c(=O)oc2c1. The Morgan fingerprint density at radius 1 is 1.17 bits per heavy atom. The van der Waals surface area contributed by atoms with Crippen LogP contribution in [0.3, 0.4) is 0 Å². The molecule has 0 amide bonds. The quantitative estimate of drug-likeness (QED) is 0.507. The minimum atomic E-state index is -0.291. The number of ether oxygens (including phenoxy) is 1. The molecule has 0 radical (unpaired) electrons. The monoisotopic (exact) mass is 320 g/mol. The van der Waals surface area contributed by atoms with Crippen molar-refractivity contribution in [1.29, 1.82) is 0 Å². The summed E-state index contributed by atoms with van der Waals surface area (Å²) in [4.78, 5) is 12.4. The van der Waals surface area contributed by atoms with Crippen LogP contribution in [0.25, 0.3) is 11.0 Å². The Hall–Kier alpha value is -2.81. The number of aryl methyl sites for hydroxylation is 1. The molecule has 3 nitrogen and oxygen atoms in total. The van der Waals surface area contributed by atoms with Crippen molar-refractivity contribution >= 4 is 11.0 Å². The first-order valence-corrected chi connectivity index (χ1v) is 7.92. The molecule has 0 saturated heterocycles. The second-order valence-corrected chi connectivity index (χ2v) is 6.06. The van der Waals surface area contributed by atoms with Gasteiger partial charge in [-0.05, 0) is 42.7 Å². The van der Waals surface area contributed by atoms with E-state index in [4.69, 9.17) is 9.15 Å². The third-order valence-corrected chi connectivity index (χ3v) is 3.97. The average molecular weight is 320 g/mol. The molecule has 0 atom stereocenters. The molecule has 3 rings (SSSR count). The molecule has 1 heterocycles. The molecule has 3 aromatic rings. The van der Waals surface area contributed by atoms with Crippen LogP contribution in [0, 0.1) is 6.92 Å². The Labute approximate surface area is 141 Å². The topological polar surface area (TPSA) is 39.4 Å². The van der Waals surface area contributed by atoms with Crippen LogP contribution in [0.1, 0.15) is 23.6 Å². The van der Waals surface area contributed by atoms with E-state index in [0.29, 0.717) is 29.9 Å². The molecule has 0 unspecified atom stereocenters. The number of fused-ring (bicyclic) bond motifs is 1. The largest absolute Gasteiger partial charge is 0.489 e. The fourth-order valence-corrected chi connectivity index (χ4v) is 2.68. The lowest BCUT2D eigenvalue weighted by molar-refractivity contribution is 0.352. The first kappa shape index (κ1) is 16.1. The molecule has 0 fully saturated rings. The van der Waals surface area contributed by atoms with Crippen molar-refractivity contribution in [2.45, 2.75) is 20.3 Å². The van der Waals surface area contributed by atoms with Crippen LogP contribution in [-0.2, 0) is 6.42 Å². The number of rotatable bonds is 5. The Kier molecular flexibility index (Phi) is 4.52.